The second-order valence-corrected chi connectivity index (χ2v) is 3.68. The summed E-state index contributed by atoms with van der Waals surface area (Å²) in [6.45, 7) is 2.64. The molecule has 7 nitrogen and oxygen atoms in total. The minimum absolute atomic E-state index is 0.110. The van der Waals surface area contributed by atoms with Gasteiger partial charge in [-0.2, -0.15) is 10.4 Å². The lowest BCUT2D eigenvalue weighted by atomic mass is 10.2. The van der Waals surface area contributed by atoms with Crippen LogP contribution in [0.5, 0.6) is 11.5 Å². The van der Waals surface area contributed by atoms with Gasteiger partial charge >= 0.3 is 0 Å². The zero-order valence-electron chi connectivity index (χ0n) is 10.1. The molecule has 0 fully saturated rings. The number of ether oxygens (including phenoxy) is 1. The number of nitro benzene ring substituents is 1. The summed E-state index contributed by atoms with van der Waals surface area (Å²) < 4.78 is 7.16. The van der Waals surface area contributed by atoms with Gasteiger partial charge in [0.25, 0.3) is 5.69 Å². The average molecular weight is 258 g/mol. The zero-order chi connectivity index (χ0) is 13.8. The van der Waals surface area contributed by atoms with Crippen LogP contribution < -0.4 is 4.74 Å². The lowest BCUT2D eigenvalue weighted by molar-refractivity contribution is -0.384. The molecule has 0 unspecified atom stereocenters. The third kappa shape index (κ3) is 2.69. The first-order chi connectivity index (χ1) is 9.13. The van der Waals surface area contributed by atoms with Gasteiger partial charge in [0, 0.05) is 18.7 Å². The fourth-order valence-electron chi connectivity index (χ4n) is 1.51. The predicted octanol–water partition coefficient (Wildman–Crippen LogP) is 2.48. The molecule has 1 aromatic carbocycles. The molecule has 0 aliphatic heterocycles. The zero-order valence-corrected chi connectivity index (χ0v) is 10.1. The number of rotatable bonds is 4. The van der Waals surface area contributed by atoms with Crippen molar-refractivity contribution in [3.05, 3.63) is 46.3 Å². The van der Waals surface area contributed by atoms with Crippen LogP contribution in [0.25, 0.3) is 0 Å². The fourth-order valence-corrected chi connectivity index (χ4v) is 1.51. The van der Waals surface area contributed by atoms with E-state index in [-0.39, 0.29) is 17.0 Å². The van der Waals surface area contributed by atoms with E-state index in [4.69, 9.17) is 10.00 Å². The van der Waals surface area contributed by atoms with Crippen molar-refractivity contribution in [2.24, 2.45) is 0 Å². The van der Waals surface area contributed by atoms with Gasteiger partial charge in [0.2, 0.25) is 0 Å². The van der Waals surface area contributed by atoms with Gasteiger partial charge < -0.3 is 4.74 Å². The van der Waals surface area contributed by atoms with E-state index in [0.717, 1.165) is 0 Å². The number of hydrogen-bond acceptors (Lipinski definition) is 5. The van der Waals surface area contributed by atoms with Crippen LogP contribution in [0.15, 0.2) is 30.6 Å². The van der Waals surface area contributed by atoms with Crippen molar-refractivity contribution in [1.82, 2.24) is 9.78 Å². The normalized spacial score (nSPS) is 9.89. The highest BCUT2D eigenvalue weighted by Gasteiger charge is 2.12. The van der Waals surface area contributed by atoms with Crippen LogP contribution >= 0.6 is 0 Å². The van der Waals surface area contributed by atoms with Crippen molar-refractivity contribution in [3.8, 4) is 17.6 Å². The highest BCUT2D eigenvalue weighted by molar-refractivity contribution is 5.51. The van der Waals surface area contributed by atoms with E-state index in [1.807, 2.05) is 13.0 Å². The molecule has 0 bridgehead atoms. The molecular formula is C12H10N4O3. The summed E-state index contributed by atoms with van der Waals surface area (Å²) in [4.78, 5) is 10.1. The van der Waals surface area contributed by atoms with Crippen LogP contribution in [-0.4, -0.2) is 14.7 Å². The maximum Gasteiger partial charge on any atom is 0.271 e. The molecule has 19 heavy (non-hydrogen) atoms. The molecule has 96 valence electrons. The van der Waals surface area contributed by atoms with Crippen molar-refractivity contribution in [3.63, 3.8) is 0 Å². The maximum absolute atomic E-state index is 10.6. The lowest BCUT2D eigenvalue weighted by Crippen LogP contribution is -1.93. The highest BCUT2D eigenvalue weighted by Crippen LogP contribution is 2.27. The molecule has 0 spiro atoms. The van der Waals surface area contributed by atoms with Gasteiger partial charge in [-0.05, 0) is 13.0 Å². The van der Waals surface area contributed by atoms with Crippen molar-refractivity contribution in [2.75, 3.05) is 0 Å². The Kier molecular flexibility index (Phi) is 3.43. The van der Waals surface area contributed by atoms with Gasteiger partial charge in [-0.3, -0.25) is 14.8 Å². The van der Waals surface area contributed by atoms with E-state index in [9.17, 15) is 10.1 Å². The van der Waals surface area contributed by atoms with Crippen molar-refractivity contribution >= 4 is 5.69 Å². The number of benzene rings is 1. The third-order valence-electron chi connectivity index (χ3n) is 2.46. The minimum Gasteiger partial charge on any atom is -0.453 e. The fraction of sp³-hybridized carbons (Fsp3) is 0.167. The summed E-state index contributed by atoms with van der Waals surface area (Å²) in [5.41, 5.74) is -0.0356. The van der Waals surface area contributed by atoms with Crippen LogP contribution in [0.2, 0.25) is 0 Å². The molecule has 0 radical (unpaired) electrons. The molecule has 0 atom stereocenters. The molecule has 0 aliphatic rings. The van der Waals surface area contributed by atoms with Crippen LogP contribution in [0.3, 0.4) is 0 Å². The number of aromatic nitrogens is 2. The Hall–Kier alpha value is -2.88. The average Bonchev–Trinajstić information content (AvgIpc) is 2.86. The molecule has 0 saturated heterocycles. The summed E-state index contributed by atoms with van der Waals surface area (Å²) >= 11 is 0. The number of hydrogen-bond donors (Lipinski definition) is 0. The van der Waals surface area contributed by atoms with Gasteiger partial charge in [-0.15, -0.1) is 0 Å². The summed E-state index contributed by atoms with van der Waals surface area (Å²) in [6.07, 6.45) is 3.20. The first-order valence-corrected chi connectivity index (χ1v) is 5.53. The smallest absolute Gasteiger partial charge is 0.271 e. The van der Waals surface area contributed by atoms with Gasteiger partial charge in [0.15, 0.2) is 5.75 Å². The summed E-state index contributed by atoms with van der Waals surface area (Å²) in [5, 5.41) is 23.6. The third-order valence-corrected chi connectivity index (χ3v) is 2.46. The lowest BCUT2D eigenvalue weighted by Gasteiger charge is -2.04. The topological polar surface area (TPSA) is 94.0 Å². The van der Waals surface area contributed by atoms with Crippen LogP contribution in [0, 0.1) is 21.4 Å². The van der Waals surface area contributed by atoms with Crippen LogP contribution in [-0.2, 0) is 6.54 Å². The SMILES string of the molecule is CCn1cc(Oc2ccc([N+](=O)[O-])cc2C#N)cn1. The van der Waals surface area contributed by atoms with Crippen molar-refractivity contribution in [2.45, 2.75) is 13.5 Å². The number of nitriles is 1. The Morgan fingerprint density at radius 2 is 2.37 bits per heavy atom. The van der Waals surface area contributed by atoms with Crippen molar-refractivity contribution < 1.29 is 9.66 Å². The van der Waals surface area contributed by atoms with E-state index >= 15 is 0 Å². The second-order valence-electron chi connectivity index (χ2n) is 3.68. The molecule has 7 heteroatoms. The highest BCUT2D eigenvalue weighted by atomic mass is 16.6. The Labute approximate surface area is 108 Å². The Bertz CT molecular complexity index is 657. The molecule has 0 amide bonds. The van der Waals surface area contributed by atoms with Crippen LogP contribution in [0.4, 0.5) is 5.69 Å². The minimum atomic E-state index is -0.556. The Morgan fingerprint density at radius 3 is 2.95 bits per heavy atom. The quantitative estimate of drug-likeness (QED) is 0.620. The van der Waals surface area contributed by atoms with E-state index in [0.29, 0.717) is 12.3 Å². The van der Waals surface area contributed by atoms with Gasteiger partial charge in [-0.25, -0.2) is 0 Å². The predicted molar refractivity (Wildman–Crippen MR) is 65.8 cm³/mol. The number of non-ortho nitro benzene ring substituents is 1. The van der Waals surface area contributed by atoms with Gasteiger partial charge in [-0.1, -0.05) is 0 Å². The number of aryl methyl sites for hydroxylation is 1. The summed E-state index contributed by atoms with van der Waals surface area (Å²) in [7, 11) is 0. The molecular weight excluding hydrogens is 248 g/mol. The monoisotopic (exact) mass is 258 g/mol. The van der Waals surface area contributed by atoms with Crippen molar-refractivity contribution in [1.29, 1.82) is 5.26 Å². The van der Waals surface area contributed by atoms with Gasteiger partial charge in [0.1, 0.15) is 17.4 Å². The summed E-state index contributed by atoms with van der Waals surface area (Å²) in [5.74, 6) is 0.746. The molecule has 0 saturated carbocycles. The Morgan fingerprint density at radius 1 is 1.58 bits per heavy atom. The first kappa shape index (κ1) is 12.6. The molecule has 2 aromatic rings. The van der Waals surface area contributed by atoms with Gasteiger partial charge in [0.05, 0.1) is 17.3 Å². The second kappa shape index (κ2) is 5.18. The largest absolute Gasteiger partial charge is 0.453 e. The standard InChI is InChI=1S/C12H10N4O3/c1-2-15-8-11(7-14-15)19-12-4-3-10(16(17)18)5-9(12)6-13/h3-5,7-8H,2H2,1H3. The first-order valence-electron chi connectivity index (χ1n) is 5.53. The molecule has 1 heterocycles. The van der Waals surface area contributed by atoms with Crippen LogP contribution in [0.1, 0.15) is 12.5 Å². The number of nitro groups is 1. The molecule has 0 N–H and O–H groups in total. The van der Waals surface area contributed by atoms with E-state index < -0.39 is 4.92 Å². The Balaban J connectivity index is 2.30. The van der Waals surface area contributed by atoms with E-state index in [2.05, 4.69) is 5.10 Å². The molecule has 1 aromatic heterocycles. The maximum atomic E-state index is 10.6. The molecule has 2 rings (SSSR count). The summed E-state index contributed by atoms with van der Waals surface area (Å²) in [6, 6.07) is 5.75. The molecule has 0 aliphatic carbocycles. The van der Waals surface area contributed by atoms with E-state index in [1.54, 1.807) is 10.9 Å². The van der Waals surface area contributed by atoms with E-state index in [1.165, 1.54) is 24.4 Å². The number of nitrogens with zero attached hydrogens (tertiary/aromatic N) is 4.